The van der Waals surface area contributed by atoms with Crippen molar-refractivity contribution in [1.29, 1.82) is 0 Å². The van der Waals surface area contributed by atoms with E-state index in [9.17, 15) is 14.7 Å². The van der Waals surface area contributed by atoms with Crippen LogP contribution >= 0.6 is 22.9 Å². The first-order chi connectivity index (χ1) is 18.1. The van der Waals surface area contributed by atoms with Gasteiger partial charge in [-0.15, -0.1) is 11.3 Å². The van der Waals surface area contributed by atoms with Crippen molar-refractivity contribution in [2.75, 3.05) is 6.54 Å². The summed E-state index contributed by atoms with van der Waals surface area (Å²) in [5, 5.41) is 13.5. The molecule has 2 aromatic heterocycles. The fourth-order valence-corrected chi connectivity index (χ4v) is 6.99. The van der Waals surface area contributed by atoms with Crippen molar-refractivity contribution in [3.8, 4) is 10.4 Å². The van der Waals surface area contributed by atoms with Crippen molar-refractivity contribution in [2.24, 2.45) is 10.9 Å². The number of β-amino-alcohol motifs (C(OH)–C–C–N with tert-alkyl or cyclic N) is 1. The van der Waals surface area contributed by atoms with Crippen molar-refractivity contribution in [3.63, 3.8) is 0 Å². The van der Waals surface area contributed by atoms with Crippen LogP contribution in [-0.4, -0.2) is 70.6 Å². The van der Waals surface area contributed by atoms with E-state index in [4.69, 9.17) is 12.7 Å². The second kappa shape index (κ2) is 10.4. The Morgan fingerprint density at radius 2 is 2.05 bits per heavy atom. The van der Waals surface area contributed by atoms with Gasteiger partial charge in [-0.2, -0.15) is 0 Å². The third-order valence-corrected chi connectivity index (χ3v) is 9.18. The van der Waals surface area contributed by atoms with Crippen molar-refractivity contribution in [2.45, 2.75) is 57.7 Å². The largest absolute Gasteiger partial charge is 0.391 e. The molecule has 4 heterocycles. The van der Waals surface area contributed by atoms with Gasteiger partial charge in [0.15, 0.2) is 5.54 Å². The average molecular weight is 544 g/mol. The van der Waals surface area contributed by atoms with Gasteiger partial charge >= 0.3 is 0 Å². The molecule has 2 aliphatic rings. The smallest absolute Gasteiger partial charge is 0.257 e. The van der Waals surface area contributed by atoms with Crippen LogP contribution < -0.4 is 10.9 Å². The highest BCUT2D eigenvalue weighted by molar-refractivity contribution is 7.13. The Morgan fingerprint density at radius 3 is 2.66 bits per heavy atom. The molecule has 4 unspecified atom stereocenters. The molecule has 0 saturated carbocycles. The van der Waals surface area contributed by atoms with Gasteiger partial charge in [-0.3, -0.25) is 9.59 Å². The number of hydrogen-bond acceptors (Lipinski definition) is 8. The molecule has 193 valence electrons. The van der Waals surface area contributed by atoms with Crippen LogP contribution in [0.5, 0.6) is 0 Å². The van der Waals surface area contributed by atoms with Crippen LogP contribution in [0.2, 0.25) is 0 Å². The molecular formula is C26H28B2N5O3S2. The van der Waals surface area contributed by atoms with E-state index in [0.29, 0.717) is 17.8 Å². The molecule has 3 radical (unpaired) electrons. The molecule has 2 amide bonds. The first-order valence-electron chi connectivity index (χ1n) is 12.5. The number of thiazole rings is 1. The lowest BCUT2D eigenvalue weighted by Gasteiger charge is -2.29. The third kappa shape index (κ3) is 4.74. The molecule has 1 fully saturated rings. The summed E-state index contributed by atoms with van der Waals surface area (Å²) in [7, 11) is 7.03. The van der Waals surface area contributed by atoms with Gasteiger partial charge in [0.25, 0.3) is 5.91 Å². The number of carbonyl (C=O) groups excluding carboxylic acids is 2. The SMILES string of the molecule is [B][B]c1cc(C(C(=O)N2CC(O)CC2C2=NC(C)(c3ccc(-c4scnc4C)cc3)C(=O)N2)C(C)C)sn1. The van der Waals surface area contributed by atoms with Crippen molar-refractivity contribution < 1.29 is 14.7 Å². The highest BCUT2D eigenvalue weighted by Crippen LogP contribution is 2.36. The normalized spacial score (nSPS) is 24.0. The zero-order valence-electron chi connectivity index (χ0n) is 21.7. The van der Waals surface area contributed by atoms with Crippen LogP contribution in [0.4, 0.5) is 0 Å². The minimum absolute atomic E-state index is 0.00182. The van der Waals surface area contributed by atoms with E-state index >= 15 is 0 Å². The number of benzene rings is 1. The predicted molar refractivity (Wildman–Crippen MR) is 152 cm³/mol. The van der Waals surface area contributed by atoms with Gasteiger partial charge in [0.1, 0.15) is 13.0 Å². The molecule has 8 nitrogen and oxygen atoms in total. The number of aryl methyl sites for hydroxylation is 1. The lowest BCUT2D eigenvalue weighted by molar-refractivity contribution is -0.134. The maximum absolute atomic E-state index is 13.9. The summed E-state index contributed by atoms with van der Waals surface area (Å²) < 4.78 is 4.31. The quantitative estimate of drug-likeness (QED) is 0.444. The third-order valence-electron chi connectivity index (χ3n) is 7.32. The molecule has 3 aromatic rings. The minimum Gasteiger partial charge on any atom is -0.391 e. The lowest BCUT2D eigenvalue weighted by Crippen LogP contribution is -2.48. The summed E-state index contributed by atoms with van der Waals surface area (Å²) in [4.78, 5) is 39.9. The van der Waals surface area contributed by atoms with Crippen molar-refractivity contribution in [1.82, 2.24) is 19.6 Å². The number of aliphatic hydroxyl groups is 1. The number of amides is 2. The number of nitrogens with one attached hydrogen (secondary N) is 1. The second-order valence-electron chi connectivity index (χ2n) is 10.3. The Kier molecular flexibility index (Phi) is 7.32. The van der Waals surface area contributed by atoms with Gasteiger partial charge < -0.3 is 15.3 Å². The molecule has 0 bridgehead atoms. The van der Waals surface area contributed by atoms with Crippen LogP contribution in [0.3, 0.4) is 0 Å². The predicted octanol–water partition coefficient (Wildman–Crippen LogP) is 2.13. The number of aromatic nitrogens is 2. The number of likely N-dealkylation sites (tertiary alicyclic amines) is 1. The Labute approximate surface area is 232 Å². The van der Waals surface area contributed by atoms with Crippen LogP contribution in [0.25, 0.3) is 10.4 Å². The zero-order chi connectivity index (χ0) is 27.2. The fourth-order valence-electron chi connectivity index (χ4n) is 5.20. The minimum atomic E-state index is -1.14. The number of aliphatic hydroxyl groups excluding tert-OH is 1. The van der Waals surface area contributed by atoms with Crippen LogP contribution in [0, 0.1) is 12.8 Å². The van der Waals surface area contributed by atoms with E-state index in [1.807, 2.05) is 56.6 Å². The summed E-state index contributed by atoms with van der Waals surface area (Å²) in [5.74, 6) is -0.413. The summed E-state index contributed by atoms with van der Waals surface area (Å²) in [5.41, 5.74) is 4.06. The maximum atomic E-state index is 13.9. The molecule has 2 N–H and O–H groups in total. The van der Waals surface area contributed by atoms with Crippen molar-refractivity contribution >= 4 is 61.0 Å². The van der Waals surface area contributed by atoms with Crippen LogP contribution in [0.1, 0.15) is 49.2 Å². The highest BCUT2D eigenvalue weighted by Gasteiger charge is 2.48. The van der Waals surface area contributed by atoms with E-state index in [1.165, 1.54) is 18.7 Å². The van der Waals surface area contributed by atoms with Crippen molar-refractivity contribution in [3.05, 3.63) is 52.0 Å². The van der Waals surface area contributed by atoms with E-state index in [2.05, 4.69) is 14.7 Å². The monoisotopic (exact) mass is 544 g/mol. The average Bonchev–Trinajstić information content (AvgIpc) is 3.67. The van der Waals surface area contributed by atoms with Crippen LogP contribution in [0.15, 0.2) is 40.8 Å². The highest BCUT2D eigenvalue weighted by atomic mass is 32.1. The summed E-state index contributed by atoms with van der Waals surface area (Å²) in [6.07, 6.45) is -0.403. The molecular weight excluding hydrogens is 516 g/mol. The molecule has 5 rings (SSSR count). The molecule has 4 atom stereocenters. The van der Waals surface area contributed by atoms with Gasteiger partial charge in [-0.1, -0.05) is 38.1 Å². The summed E-state index contributed by atoms with van der Waals surface area (Å²) in [6.45, 7) is 7.90. The first kappa shape index (κ1) is 26.8. The Balaban J connectivity index is 1.43. The van der Waals surface area contributed by atoms with Gasteiger partial charge in [0, 0.05) is 25.6 Å². The number of aliphatic imine (C=N–C) groups is 1. The number of rotatable bonds is 7. The van der Waals surface area contributed by atoms with E-state index in [1.54, 1.807) is 23.2 Å². The standard InChI is InChI=1S/C26H28B2N5O3S2/c1-13(2)21(19-10-20(28-27)32-38-19)24(35)33-11-17(34)9-18(33)23-30-25(36)26(4,31-23)16-7-5-15(6-8-16)22-14(3)29-12-37-22/h5-8,10,12-13,17-18,21,34H,9,11H2,1-4H3,(H,30,31,36). The fraction of sp³-hybridized carbons (Fsp3) is 0.423. The molecule has 12 heteroatoms. The van der Waals surface area contributed by atoms with Crippen LogP contribution in [-0.2, 0) is 15.1 Å². The van der Waals surface area contributed by atoms with Gasteiger partial charge in [0.05, 0.1) is 34.1 Å². The number of amidine groups is 1. The van der Waals surface area contributed by atoms with Gasteiger partial charge in [-0.05, 0) is 54.1 Å². The number of hydrogen-bond donors (Lipinski definition) is 2. The van der Waals surface area contributed by atoms with E-state index in [-0.39, 0.29) is 24.3 Å². The second-order valence-corrected chi connectivity index (χ2v) is 12.0. The molecule has 38 heavy (non-hydrogen) atoms. The number of carbonyl (C=O) groups is 2. The Morgan fingerprint density at radius 1 is 1.32 bits per heavy atom. The lowest BCUT2D eigenvalue weighted by atomic mass is 9.53. The molecule has 0 spiro atoms. The molecule has 1 saturated heterocycles. The van der Waals surface area contributed by atoms with Gasteiger partial charge in [0.2, 0.25) is 5.91 Å². The number of nitrogens with zero attached hydrogens (tertiary/aromatic N) is 4. The molecule has 0 aliphatic carbocycles. The summed E-state index contributed by atoms with van der Waals surface area (Å²) in [6, 6.07) is 9.09. The molecule has 2 aliphatic heterocycles. The van der Waals surface area contributed by atoms with Gasteiger partial charge in [-0.25, -0.2) is 14.3 Å². The first-order valence-corrected chi connectivity index (χ1v) is 14.2. The molecule has 1 aromatic carbocycles. The van der Waals surface area contributed by atoms with E-state index < -0.39 is 23.6 Å². The Bertz CT molecular complexity index is 1390. The Hall–Kier alpha value is -2.82. The topological polar surface area (TPSA) is 108 Å². The maximum Gasteiger partial charge on any atom is 0.257 e. The summed E-state index contributed by atoms with van der Waals surface area (Å²) >= 11 is 2.83. The van der Waals surface area contributed by atoms with E-state index in [0.717, 1.165) is 26.6 Å². The zero-order valence-corrected chi connectivity index (χ0v) is 23.3.